The summed E-state index contributed by atoms with van der Waals surface area (Å²) < 4.78 is 0. The van der Waals surface area contributed by atoms with E-state index < -0.39 is 12.1 Å². The fourth-order valence-corrected chi connectivity index (χ4v) is 1.55. The fraction of sp³-hybridized carbons (Fsp3) is 0.429. The molecule has 0 radical (unpaired) electrons. The molecule has 0 fully saturated rings. The Morgan fingerprint density at radius 3 is 2.30 bits per heavy atom. The highest BCUT2D eigenvalue weighted by molar-refractivity contribution is 6.30. The third kappa shape index (κ3) is 5.93. The molecule has 0 saturated heterocycles. The largest absolute Gasteiger partial charge is 0.374 e. The van der Waals surface area contributed by atoms with E-state index in [4.69, 9.17) is 11.6 Å². The molecule has 20 heavy (non-hydrogen) atoms. The number of benzene rings is 1. The second-order valence-corrected chi connectivity index (χ2v) is 5.40. The molecular formula is C14H20ClN3O2. The Balaban J connectivity index is 2.42. The van der Waals surface area contributed by atoms with Gasteiger partial charge in [-0.1, -0.05) is 25.4 Å². The Morgan fingerprint density at radius 2 is 1.75 bits per heavy atom. The molecule has 0 aliphatic rings. The number of nitrogens with one attached hydrogen (secondary N) is 3. The van der Waals surface area contributed by atoms with Gasteiger partial charge in [-0.3, -0.25) is 10.1 Å². The van der Waals surface area contributed by atoms with Crippen LogP contribution in [0, 0.1) is 5.92 Å². The fourth-order valence-electron chi connectivity index (χ4n) is 1.42. The molecule has 0 heterocycles. The Bertz CT molecular complexity index is 460. The number of rotatable bonds is 5. The van der Waals surface area contributed by atoms with Gasteiger partial charge in [-0.2, -0.15) is 0 Å². The summed E-state index contributed by atoms with van der Waals surface area (Å²) in [7, 11) is 0. The van der Waals surface area contributed by atoms with Crippen LogP contribution in [-0.2, 0) is 4.79 Å². The molecule has 3 amide bonds. The van der Waals surface area contributed by atoms with Gasteiger partial charge in [0.05, 0.1) is 0 Å². The molecule has 3 N–H and O–H groups in total. The highest BCUT2D eigenvalue weighted by Gasteiger charge is 2.15. The Labute approximate surface area is 124 Å². The summed E-state index contributed by atoms with van der Waals surface area (Å²) in [6.07, 6.45) is 0. The van der Waals surface area contributed by atoms with Crippen molar-refractivity contribution in [1.29, 1.82) is 0 Å². The van der Waals surface area contributed by atoms with Crippen LogP contribution in [0.1, 0.15) is 20.8 Å². The summed E-state index contributed by atoms with van der Waals surface area (Å²) >= 11 is 5.78. The van der Waals surface area contributed by atoms with Crippen LogP contribution in [0.15, 0.2) is 24.3 Å². The second kappa shape index (κ2) is 7.75. The normalized spacial score (nSPS) is 11.8. The molecule has 6 heteroatoms. The van der Waals surface area contributed by atoms with Crippen LogP contribution in [-0.4, -0.2) is 24.5 Å². The second-order valence-electron chi connectivity index (χ2n) is 4.97. The van der Waals surface area contributed by atoms with Crippen molar-refractivity contribution >= 4 is 29.2 Å². The average Bonchev–Trinajstić information content (AvgIpc) is 2.39. The van der Waals surface area contributed by atoms with E-state index >= 15 is 0 Å². The van der Waals surface area contributed by atoms with Gasteiger partial charge in [0.1, 0.15) is 6.04 Å². The zero-order valence-electron chi connectivity index (χ0n) is 11.9. The first-order chi connectivity index (χ1) is 9.38. The Morgan fingerprint density at radius 1 is 1.15 bits per heavy atom. The maximum Gasteiger partial charge on any atom is 0.321 e. The lowest BCUT2D eigenvalue weighted by atomic mass is 10.2. The summed E-state index contributed by atoms with van der Waals surface area (Å²) in [6, 6.07) is 5.98. The lowest BCUT2D eigenvalue weighted by Crippen LogP contribution is -2.46. The minimum Gasteiger partial charge on any atom is -0.374 e. The summed E-state index contributed by atoms with van der Waals surface area (Å²) in [4.78, 5) is 23.3. The molecule has 0 aliphatic heterocycles. The number of hydrogen-bond acceptors (Lipinski definition) is 3. The van der Waals surface area contributed by atoms with Crippen molar-refractivity contribution in [2.24, 2.45) is 5.92 Å². The molecule has 0 aliphatic carbocycles. The van der Waals surface area contributed by atoms with Crippen LogP contribution in [0.3, 0.4) is 0 Å². The van der Waals surface area contributed by atoms with Crippen molar-refractivity contribution in [3.63, 3.8) is 0 Å². The highest BCUT2D eigenvalue weighted by Crippen LogP contribution is 2.14. The van der Waals surface area contributed by atoms with E-state index in [0.29, 0.717) is 17.5 Å². The molecule has 1 aromatic rings. The molecule has 1 aromatic carbocycles. The van der Waals surface area contributed by atoms with Crippen LogP contribution < -0.4 is 16.0 Å². The maximum atomic E-state index is 11.8. The van der Waals surface area contributed by atoms with Gasteiger partial charge in [-0.25, -0.2) is 4.79 Å². The van der Waals surface area contributed by atoms with E-state index in [-0.39, 0.29) is 5.91 Å². The van der Waals surface area contributed by atoms with Crippen molar-refractivity contribution in [2.75, 3.05) is 11.9 Å². The Kier molecular flexibility index (Phi) is 6.31. The smallest absolute Gasteiger partial charge is 0.321 e. The molecule has 0 bridgehead atoms. The zero-order valence-corrected chi connectivity index (χ0v) is 12.6. The lowest BCUT2D eigenvalue weighted by molar-refractivity contribution is -0.120. The number of carbonyl (C=O) groups is 2. The van der Waals surface area contributed by atoms with Crippen LogP contribution >= 0.6 is 11.6 Å². The first-order valence-corrected chi connectivity index (χ1v) is 6.87. The van der Waals surface area contributed by atoms with Crippen molar-refractivity contribution in [3.8, 4) is 0 Å². The van der Waals surface area contributed by atoms with E-state index in [0.717, 1.165) is 5.69 Å². The summed E-state index contributed by atoms with van der Waals surface area (Å²) in [5.41, 5.74) is 0.764. The van der Waals surface area contributed by atoms with E-state index in [2.05, 4.69) is 16.0 Å². The number of imide groups is 1. The van der Waals surface area contributed by atoms with Crippen LogP contribution in [0.25, 0.3) is 0 Å². The van der Waals surface area contributed by atoms with Crippen molar-refractivity contribution in [3.05, 3.63) is 29.3 Å². The van der Waals surface area contributed by atoms with E-state index in [9.17, 15) is 9.59 Å². The number of anilines is 1. The predicted octanol–water partition coefficient (Wildman–Crippen LogP) is 2.62. The van der Waals surface area contributed by atoms with Gasteiger partial charge >= 0.3 is 6.03 Å². The average molecular weight is 298 g/mol. The molecule has 1 atom stereocenters. The molecule has 0 aromatic heterocycles. The van der Waals surface area contributed by atoms with Crippen LogP contribution in [0.5, 0.6) is 0 Å². The van der Waals surface area contributed by atoms with Gasteiger partial charge < -0.3 is 10.6 Å². The van der Waals surface area contributed by atoms with Crippen molar-refractivity contribution in [1.82, 2.24) is 10.6 Å². The lowest BCUT2D eigenvalue weighted by Gasteiger charge is -2.15. The van der Waals surface area contributed by atoms with E-state index in [1.165, 1.54) is 0 Å². The van der Waals surface area contributed by atoms with E-state index in [1.807, 2.05) is 13.8 Å². The topological polar surface area (TPSA) is 70.2 Å². The summed E-state index contributed by atoms with van der Waals surface area (Å²) in [5, 5.41) is 8.53. The zero-order chi connectivity index (χ0) is 15.1. The minimum absolute atomic E-state index is 0.334. The quantitative estimate of drug-likeness (QED) is 0.782. The van der Waals surface area contributed by atoms with Gasteiger partial charge in [-0.05, 0) is 37.1 Å². The van der Waals surface area contributed by atoms with Gasteiger partial charge in [0.2, 0.25) is 5.91 Å². The summed E-state index contributed by atoms with van der Waals surface area (Å²) in [5.74, 6) is -0.0540. The molecule has 0 spiro atoms. The molecule has 1 rings (SSSR count). The number of amides is 3. The SMILES string of the molecule is CC(C)CNC(=O)NC(=O)[C@@H](C)Nc1ccc(Cl)cc1. The van der Waals surface area contributed by atoms with Crippen LogP contribution in [0.2, 0.25) is 5.02 Å². The first-order valence-electron chi connectivity index (χ1n) is 6.49. The molecule has 0 unspecified atom stereocenters. The molecule has 5 nitrogen and oxygen atoms in total. The summed E-state index contributed by atoms with van der Waals surface area (Å²) in [6.45, 7) is 6.16. The van der Waals surface area contributed by atoms with Crippen molar-refractivity contribution < 1.29 is 9.59 Å². The third-order valence-corrected chi connectivity index (χ3v) is 2.78. The number of halogens is 1. The number of hydrogen-bond donors (Lipinski definition) is 3. The Hall–Kier alpha value is -1.75. The molecule has 0 saturated carbocycles. The maximum absolute atomic E-state index is 11.8. The minimum atomic E-state index is -0.527. The van der Waals surface area contributed by atoms with Crippen LogP contribution in [0.4, 0.5) is 10.5 Å². The predicted molar refractivity (Wildman–Crippen MR) is 80.9 cm³/mol. The van der Waals surface area contributed by atoms with Gasteiger partial charge in [0.15, 0.2) is 0 Å². The van der Waals surface area contributed by atoms with Gasteiger partial charge in [0, 0.05) is 17.3 Å². The van der Waals surface area contributed by atoms with Crippen molar-refractivity contribution in [2.45, 2.75) is 26.8 Å². The number of carbonyl (C=O) groups excluding carboxylic acids is 2. The molecule has 110 valence electrons. The monoisotopic (exact) mass is 297 g/mol. The molecular weight excluding hydrogens is 278 g/mol. The van der Waals surface area contributed by atoms with E-state index in [1.54, 1.807) is 31.2 Å². The van der Waals surface area contributed by atoms with Gasteiger partial charge in [-0.15, -0.1) is 0 Å². The first kappa shape index (κ1) is 16.3. The standard InChI is InChI=1S/C14H20ClN3O2/c1-9(2)8-16-14(20)18-13(19)10(3)17-12-6-4-11(15)5-7-12/h4-7,9-10,17H,8H2,1-3H3,(H2,16,18,19,20)/t10-/m1/s1. The third-order valence-electron chi connectivity index (χ3n) is 2.53. The van der Waals surface area contributed by atoms with Gasteiger partial charge in [0.25, 0.3) is 0 Å². The number of urea groups is 1. The highest BCUT2D eigenvalue weighted by atomic mass is 35.5.